The van der Waals surface area contributed by atoms with Crippen LogP contribution in [0.5, 0.6) is 0 Å². The van der Waals surface area contributed by atoms with E-state index in [-0.39, 0.29) is 17.9 Å². The van der Waals surface area contributed by atoms with E-state index in [4.69, 9.17) is 0 Å². The summed E-state index contributed by atoms with van der Waals surface area (Å²) in [4.78, 5) is 16.0. The minimum Gasteiger partial charge on any atom is -0.371 e. The highest BCUT2D eigenvalue weighted by Gasteiger charge is 2.37. The van der Waals surface area contributed by atoms with E-state index in [0.29, 0.717) is 0 Å². The Hall–Kier alpha value is -2.14. The van der Waals surface area contributed by atoms with E-state index in [1.807, 2.05) is 28.8 Å². The molecular weight excluding hydrogens is 254 g/mol. The summed E-state index contributed by atoms with van der Waals surface area (Å²) in [6.45, 7) is 0. The first-order valence-corrected chi connectivity index (χ1v) is 6.85. The first-order valence-electron chi connectivity index (χ1n) is 6.85. The van der Waals surface area contributed by atoms with Crippen LogP contribution in [0.2, 0.25) is 0 Å². The number of aliphatic hydroxyl groups is 1. The highest BCUT2D eigenvalue weighted by atomic mass is 16.3. The number of hydrogen-bond donors (Lipinski definition) is 2. The molecule has 2 atom stereocenters. The van der Waals surface area contributed by atoms with Gasteiger partial charge >= 0.3 is 0 Å². The molecule has 4 rings (SSSR count). The lowest BCUT2D eigenvalue weighted by molar-refractivity contribution is -0.125. The van der Waals surface area contributed by atoms with Crippen molar-refractivity contribution in [1.29, 1.82) is 0 Å². The number of hydrogen-bond acceptors (Lipinski definition) is 3. The van der Waals surface area contributed by atoms with Crippen LogP contribution in [0.3, 0.4) is 0 Å². The number of rotatable bonds is 3. The van der Waals surface area contributed by atoms with Crippen LogP contribution in [0.25, 0.3) is 11.3 Å². The molecule has 2 N–H and O–H groups in total. The van der Waals surface area contributed by atoms with Crippen LogP contribution in [0.15, 0.2) is 36.8 Å². The second-order valence-electron chi connectivity index (χ2n) is 5.45. The summed E-state index contributed by atoms with van der Waals surface area (Å²) in [5, 5.41) is 13.2. The maximum absolute atomic E-state index is 11.8. The van der Waals surface area contributed by atoms with Crippen molar-refractivity contribution in [3.05, 3.63) is 42.4 Å². The highest BCUT2D eigenvalue weighted by Crippen LogP contribution is 2.40. The molecule has 1 aliphatic carbocycles. The van der Waals surface area contributed by atoms with Crippen molar-refractivity contribution in [2.45, 2.75) is 25.1 Å². The van der Waals surface area contributed by atoms with Crippen molar-refractivity contribution in [3.63, 3.8) is 0 Å². The lowest BCUT2D eigenvalue weighted by atomic mass is 10.0. The predicted molar refractivity (Wildman–Crippen MR) is 72.7 cm³/mol. The summed E-state index contributed by atoms with van der Waals surface area (Å²) in [5.41, 5.74) is 3.06. The van der Waals surface area contributed by atoms with E-state index in [1.165, 1.54) is 0 Å². The average molecular weight is 269 g/mol. The van der Waals surface area contributed by atoms with Gasteiger partial charge in [-0.2, -0.15) is 0 Å². The maximum atomic E-state index is 11.8. The number of nitrogens with one attached hydrogen (secondary N) is 1. The molecule has 2 aliphatic rings. The average Bonchev–Trinajstić information content (AvgIpc) is 3.11. The van der Waals surface area contributed by atoms with Gasteiger partial charge in [0.05, 0.1) is 18.2 Å². The quantitative estimate of drug-likeness (QED) is 0.825. The summed E-state index contributed by atoms with van der Waals surface area (Å²) in [6, 6.07) is 7.61. The van der Waals surface area contributed by atoms with Crippen molar-refractivity contribution in [3.8, 4) is 11.3 Å². The molecule has 20 heavy (non-hydrogen) atoms. The van der Waals surface area contributed by atoms with Crippen LogP contribution in [0.4, 0.5) is 0 Å². The van der Waals surface area contributed by atoms with Crippen molar-refractivity contribution in [1.82, 2.24) is 14.9 Å². The number of imidazole rings is 1. The number of aliphatic hydroxyl groups excluding tert-OH is 1. The molecule has 0 radical (unpaired) electrons. The molecule has 2 heterocycles. The van der Waals surface area contributed by atoms with Gasteiger partial charge in [0.15, 0.2) is 6.23 Å². The number of aromatic nitrogens is 2. The van der Waals surface area contributed by atoms with Crippen molar-refractivity contribution >= 4 is 5.91 Å². The van der Waals surface area contributed by atoms with Crippen LogP contribution in [-0.2, 0) is 4.79 Å². The van der Waals surface area contributed by atoms with E-state index < -0.39 is 6.23 Å². The van der Waals surface area contributed by atoms with Crippen LogP contribution < -0.4 is 5.32 Å². The molecule has 1 fully saturated rings. The number of carbonyl (C=O) groups excluding carboxylic acids is 1. The normalized spacial score (nSPS) is 21.1. The number of benzene rings is 1. The van der Waals surface area contributed by atoms with Crippen LogP contribution in [0.1, 0.15) is 24.4 Å². The lowest BCUT2D eigenvalue weighted by Gasteiger charge is -2.22. The van der Waals surface area contributed by atoms with Crippen molar-refractivity contribution in [2.24, 2.45) is 5.92 Å². The largest absolute Gasteiger partial charge is 0.371 e. The third kappa shape index (κ3) is 1.67. The monoisotopic (exact) mass is 269 g/mol. The molecule has 1 aromatic heterocycles. The molecule has 1 unspecified atom stereocenters. The molecule has 102 valence electrons. The van der Waals surface area contributed by atoms with E-state index in [0.717, 1.165) is 29.7 Å². The first kappa shape index (κ1) is 11.7. The Labute approximate surface area is 116 Å². The van der Waals surface area contributed by atoms with Crippen molar-refractivity contribution in [2.75, 3.05) is 0 Å². The second-order valence-corrected chi connectivity index (χ2v) is 5.45. The molecule has 1 aliphatic heterocycles. The van der Waals surface area contributed by atoms with E-state index in [9.17, 15) is 9.90 Å². The molecule has 5 nitrogen and oxygen atoms in total. The maximum Gasteiger partial charge on any atom is 0.225 e. The Bertz CT molecular complexity index is 675. The van der Waals surface area contributed by atoms with Gasteiger partial charge < -0.3 is 15.0 Å². The summed E-state index contributed by atoms with van der Waals surface area (Å²) >= 11 is 0. The SMILES string of the molecule is O=C(NC(O)[C@@H]1c2ccccc2-c2cncn21)C1CC1. The number of nitrogens with zero attached hydrogens (tertiary/aromatic N) is 2. The molecule has 5 heteroatoms. The minimum absolute atomic E-state index is 0.0523. The van der Waals surface area contributed by atoms with E-state index >= 15 is 0 Å². The summed E-state index contributed by atoms with van der Waals surface area (Å²) in [6.07, 6.45) is 4.41. The Morgan fingerprint density at radius 2 is 2.20 bits per heavy atom. The van der Waals surface area contributed by atoms with Gasteiger partial charge in [-0.3, -0.25) is 4.79 Å². The number of fused-ring (bicyclic) bond motifs is 3. The zero-order valence-corrected chi connectivity index (χ0v) is 10.9. The van der Waals surface area contributed by atoms with Gasteiger partial charge in [-0.25, -0.2) is 4.98 Å². The van der Waals surface area contributed by atoms with Gasteiger partial charge in [0.2, 0.25) is 5.91 Å². The zero-order valence-electron chi connectivity index (χ0n) is 10.9. The van der Waals surface area contributed by atoms with E-state index in [2.05, 4.69) is 10.3 Å². The third-order valence-electron chi connectivity index (χ3n) is 4.06. The predicted octanol–water partition coefficient (Wildman–Crippen LogP) is 1.30. The first-order chi connectivity index (χ1) is 9.75. The number of amides is 1. The summed E-state index contributed by atoms with van der Waals surface area (Å²) in [7, 11) is 0. The van der Waals surface area contributed by atoms with Gasteiger partial charge in [-0.05, 0) is 18.4 Å². The second kappa shape index (κ2) is 4.18. The molecule has 1 saturated carbocycles. The number of carbonyl (C=O) groups is 1. The Kier molecular flexibility index (Phi) is 2.44. The Morgan fingerprint density at radius 3 is 3.00 bits per heavy atom. The van der Waals surface area contributed by atoms with Crippen LogP contribution in [0, 0.1) is 5.92 Å². The molecule has 0 spiro atoms. The van der Waals surface area contributed by atoms with Gasteiger partial charge in [-0.15, -0.1) is 0 Å². The van der Waals surface area contributed by atoms with Gasteiger partial charge in [0, 0.05) is 11.5 Å². The molecule has 0 saturated heterocycles. The van der Waals surface area contributed by atoms with Gasteiger partial charge in [0.25, 0.3) is 0 Å². The fourth-order valence-corrected chi connectivity index (χ4v) is 2.88. The topological polar surface area (TPSA) is 67.2 Å². The smallest absolute Gasteiger partial charge is 0.225 e. The Balaban J connectivity index is 1.69. The Morgan fingerprint density at radius 1 is 1.40 bits per heavy atom. The third-order valence-corrected chi connectivity index (χ3v) is 4.06. The highest BCUT2D eigenvalue weighted by molar-refractivity contribution is 5.81. The van der Waals surface area contributed by atoms with Crippen molar-refractivity contribution < 1.29 is 9.90 Å². The molecule has 1 amide bonds. The standard InChI is InChI=1S/C15H15N3O2/c19-14(9-5-6-9)17-15(20)13-11-4-2-1-3-10(11)12-7-16-8-18(12)13/h1-4,7-9,13,15,20H,5-6H2,(H,17,19)/t13-,15?/m0/s1. The lowest BCUT2D eigenvalue weighted by Crippen LogP contribution is -2.41. The fourth-order valence-electron chi connectivity index (χ4n) is 2.88. The zero-order chi connectivity index (χ0) is 13.7. The molecular formula is C15H15N3O2. The molecule has 0 bridgehead atoms. The van der Waals surface area contributed by atoms with E-state index in [1.54, 1.807) is 12.5 Å². The molecule has 2 aromatic rings. The summed E-state index contributed by atoms with van der Waals surface area (Å²) in [5.74, 6) is 0.0344. The molecule has 1 aromatic carbocycles. The fraction of sp³-hybridized carbons (Fsp3) is 0.333. The van der Waals surface area contributed by atoms with Crippen LogP contribution >= 0.6 is 0 Å². The van der Waals surface area contributed by atoms with Gasteiger partial charge in [-0.1, -0.05) is 24.3 Å². The summed E-state index contributed by atoms with van der Waals surface area (Å²) < 4.78 is 1.92. The minimum atomic E-state index is -0.931. The van der Waals surface area contributed by atoms with Gasteiger partial charge in [0.1, 0.15) is 6.04 Å². The van der Waals surface area contributed by atoms with Crippen LogP contribution in [-0.4, -0.2) is 26.8 Å².